The zero-order chi connectivity index (χ0) is 22.7. The molecule has 2 aromatic carbocycles. The quantitative estimate of drug-likeness (QED) is 0.598. The van der Waals surface area contributed by atoms with Crippen LogP contribution < -0.4 is 10.9 Å². The lowest BCUT2D eigenvalue weighted by molar-refractivity contribution is 0.174. The SMILES string of the molecule is CCN1CCC[C@@H]1CN(Cc1cc2cc(C)ccc2[nH]c1=O)C(=O)Nc1ccccc1F. The van der Waals surface area contributed by atoms with Crippen molar-refractivity contribution in [2.24, 2.45) is 0 Å². The Labute approximate surface area is 187 Å². The molecule has 0 aliphatic carbocycles. The number of carbonyl (C=O) groups is 1. The highest BCUT2D eigenvalue weighted by molar-refractivity contribution is 5.89. The Balaban J connectivity index is 1.63. The van der Waals surface area contributed by atoms with Crippen LogP contribution in [0.1, 0.15) is 30.9 Å². The third-order valence-electron chi connectivity index (χ3n) is 6.18. The number of nitrogens with one attached hydrogen (secondary N) is 2. The number of para-hydroxylation sites is 1. The number of benzene rings is 2. The molecule has 0 bridgehead atoms. The van der Waals surface area contributed by atoms with Crippen LogP contribution in [0.3, 0.4) is 0 Å². The Hall–Kier alpha value is -3.19. The van der Waals surface area contributed by atoms with Gasteiger partial charge in [-0.25, -0.2) is 9.18 Å². The fraction of sp³-hybridized carbons (Fsp3) is 0.360. The van der Waals surface area contributed by atoms with Gasteiger partial charge in [0, 0.05) is 23.7 Å². The summed E-state index contributed by atoms with van der Waals surface area (Å²) in [5.74, 6) is -0.490. The van der Waals surface area contributed by atoms with Gasteiger partial charge in [0.2, 0.25) is 0 Å². The summed E-state index contributed by atoms with van der Waals surface area (Å²) in [7, 11) is 0. The molecule has 0 unspecified atom stereocenters. The van der Waals surface area contributed by atoms with Gasteiger partial charge in [-0.2, -0.15) is 0 Å². The number of H-pyrrole nitrogens is 1. The van der Waals surface area contributed by atoms with E-state index in [4.69, 9.17) is 0 Å². The van der Waals surface area contributed by atoms with E-state index in [1.54, 1.807) is 17.0 Å². The number of hydrogen-bond donors (Lipinski definition) is 2. The van der Waals surface area contributed by atoms with Crippen molar-refractivity contribution in [1.82, 2.24) is 14.8 Å². The number of nitrogens with zero attached hydrogens (tertiary/aromatic N) is 2. The third-order valence-corrected chi connectivity index (χ3v) is 6.18. The van der Waals surface area contributed by atoms with E-state index in [-0.39, 0.29) is 23.8 Å². The molecule has 1 fully saturated rings. The molecule has 3 aromatic rings. The molecule has 6 nitrogen and oxygen atoms in total. The van der Waals surface area contributed by atoms with Crippen molar-refractivity contribution >= 4 is 22.6 Å². The van der Waals surface area contributed by atoms with Gasteiger partial charge in [-0.15, -0.1) is 0 Å². The number of halogens is 1. The first-order valence-corrected chi connectivity index (χ1v) is 11.1. The van der Waals surface area contributed by atoms with Gasteiger partial charge in [0.25, 0.3) is 5.56 Å². The first-order chi connectivity index (χ1) is 15.4. The van der Waals surface area contributed by atoms with Crippen LogP contribution in [0.25, 0.3) is 10.9 Å². The normalized spacial score (nSPS) is 16.4. The van der Waals surface area contributed by atoms with E-state index in [2.05, 4.69) is 22.1 Å². The van der Waals surface area contributed by atoms with Crippen molar-refractivity contribution in [2.75, 3.05) is 25.0 Å². The number of hydrogen-bond acceptors (Lipinski definition) is 3. The minimum Gasteiger partial charge on any atom is -0.322 e. The molecule has 0 radical (unpaired) electrons. The van der Waals surface area contributed by atoms with Crippen molar-refractivity contribution in [1.29, 1.82) is 0 Å². The number of aromatic nitrogens is 1. The minimum atomic E-state index is -0.490. The molecule has 2 amide bonds. The maximum atomic E-state index is 14.1. The maximum absolute atomic E-state index is 14.1. The van der Waals surface area contributed by atoms with Crippen LogP contribution in [-0.4, -0.2) is 46.5 Å². The molecule has 2 N–H and O–H groups in total. The average molecular weight is 437 g/mol. The second-order valence-electron chi connectivity index (χ2n) is 8.43. The Kier molecular flexibility index (Phi) is 6.55. The number of aryl methyl sites for hydroxylation is 1. The van der Waals surface area contributed by atoms with E-state index < -0.39 is 11.8 Å². The van der Waals surface area contributed by atoms with Gasteiger partial charge >= 0.3 is 6.03 Å². The molecule has 2 heterocycles. The van der Waals surface area contributed by atoms with E-state index in [1.807, 2.05) is 31.2 Å². The van der Waals surface area contributed by atoms with Crippen LogP contribution in [0.5, 0.6) is 0 Å². The van der Waals surface area contributed by atoms with Crippen LogP contribution in [-0.2, 0) is 6.54 Å². The Morgan fingerprint density at radius 2 is 2.06 bits per heavy atom. The molecule has 1 atom stereocenters. The van der Waals surface area contributed by atoms with Gasteiger partial charge in [-0.3, -0.25) is 9.69 Å². The van der Waals surface area contributed by atoms with Crippen molar-refractivity contribution < 1.29 is 9.18 Å². The minimum absolute atomic E-state index is 0.129. The van der Waals surface area contributed by atoms with E-state index in [0.29, 0.717) is 12.1 Å². The largest absolute Gasteiger partial charge is 0.322 e. The number of amides is 2. The monoisotopic (exact) mass is 436 g/mol. The summed E-state index contributed by atoms with van der Waals surface area (Å²) >= 11 is 0. The number of rotatable bonds is 6. The summed E-state index contributed by atoms with van der Waals surface area (Å²) in [6, 6.07) is 13.6. The first-order valence-electron chi connectivity index (χ1n) is 11.1. The van der Waals surface area contributed by atoms with Crippen LogP contribution in [0.2, 0.25) is 0 Å². The van der Waals surface area contributed by atoms with Gasteiger partial charge in [0.15, 0.2) is 0 Å². The van der Waals surface area contributed by atoms with Gasteiger partial charge < -0.3 is 15.2 Å². The maximum Gasteiger partial charge on any atom is 0.322 e. The number of urea groups is 1. The van der Waals surface area contributed by atoms with Crippen molar-refractivity contribution in [3.63, 3.8) is 0 Å². The second-order valence-corrected chi connectivity index (χ2v) is 8.43. The highest BCUT2D eigenvalue weighted by Gasteiger charge is 2.28. The zero-order valence-corrected chi connectivity index (χ0v) is 18.5. The number of pyridine rings is 1. The molecule has 4 rings (SSSR count). The molecule has 0 spiro atoms. The summed E-state index contributed by atoms with van der Waals surface area (Å²) in [6.45, 7) is 6.63. The Morgan fingerprint density at radius 3 is 2.84 bits per heavy atom. The fourth-order valence-electron chi connectivity index (χ4n) is 4.44. The van der Waals surface area contributed by atoms with E-state index in [0.717, 1.165) is 42.4 Å². The number of likely N-dealkylation sites (N-methyl/N-ethyl adjacent to an activating group) is 1. The predicted molar refractivity (Wildman–Crippen MR) is 125 cm³/mol. The molecule has 1 saturated heterocycles. The lowest BCUT2D eigenvalue weighted by Gasteiger charge is -2.30. The molecule has 1 aromatic heterocycles. The molecule has 168 valence electrons. The first kappa shape index (κ1) is 22.0. The van der Waals surface area contributed by atoms with Gasteiger partial charge in [-0.1, -0.05) is 30.7 Å². The lowest BCUT2D eigenvalue weighted by Crippen LogP contribution is -2.45. The number of anilines is 1. The Bertz CT molecular complexity index is 1180. The van der Waals surface area contributed by atoms with E-state index in [1.165, 1.54) is 12.1 Å². The topological polar surface area (TPSA) is 68.4 Å². The Morgan fingerprint density at radius 1 is 1.25 bits per heavy atom. The number of fused-ring (bicyclic) bond motifs is 1. The molecule has 32 heavy (non-hydrogen) atoms. The summed E-state index contributed by atoms with van der Waals surface area (Å²) in [6.07, 6.45) is 2.07. The average Bonchev–Trinajstić information content (AvgIpc) is 3.22. The summed E-state index contributed by atoms with van der Waals surface area (Å²) in [5.41, 5.74) is 2.27. The molecule has 1 aliphatic rings. The predicted octanol–water partition coefficient (Wildman–Crippen LogP) is 4.49. The van der Waals surface area contributed by atoms with Crippen molar-refractivity contribution in [3.8, 4) is 0 Å². The van der Waals surface area contributed by atoms with E-state index in [9.17, 15) is 14.0 Å². The lowest BCUT2D eigenvalue weighted by atomic mass is 10.1. The highest BCUT2D eigenvalue weighted by Crippen LogP contribution is 2.21. The fourth-order valence-corrected chi connectivity index (χ4v) is 4.44. The number of aromatic amines is 1. The van der Waals surface area contributed by atoms with Gasteiger partial charge in [0.05, 0.1) is 12.2 Å². The molecule has 1 aliphatic heterocycles. The third kappa shape index (κ3) is 4.83. The molecular formula is C25H29FN4O2. The molecule has 7 heteroatoms. The summed E-state index contributed by atoms with van der Waals surface area (Å²) < 4.78 is 14.1. The summed E-state index contributed by atoms with van der Waals surface area (Å²) in [5, 5.41) is 3.61. The molecule has 0 saturated carbocycles. The highest BCUT2D eigenvalue weighted by atomic mass is 19.1. The van der Waals surface area contributed by atoms with Crippen molar-refractivity contribution in [2.45, 2.75) is 39.3 Å². The van der Waals surface area contributed by atoms with Crippen molar-refractivity contribution in [3.05, 3.63) is 75.8 Å². The number of likely N-dealkylation sites (tertiary alicyclic amines) is 1. The standard InChI is InChI=1S/C25H29FN4O2/c1-3-29-12-6-7-20(29)16-30(25(32)28-23-9-5-4-8-21(23)26)15-19-14-18-13-17(2)10-11-22(18)27-24(19)31/h4-5,8-11,13-14,20H,3,6-7,12,15-16H2,1-2H3,(H,27,31)(H,28,32)/t20-/m1/s1. The van der Waals surface area contributed by atoms with Crippen LogP contribution in [0.15, 0.2) is 53.3 Å². The van der Waals surface area contributed by atoms with Crippen LogP contribution >= 0.6 is 0 Å². The van der Waals surface area contributed by atoms with Crippen LogP contribution in [0.4, 0.5) is 14.9 Å². The smallest absolute Gasteiger partial charge is 0.322 e. The number of carbonyl (C=O) groups excluding carboxylic acids is 1. The summed E-state index contributed by atoms with van der Waals surface area (Å²) in [4.78, 5) is 32.8. The molecular weight excluding hydrogens is 407 g/mol. The van der Waals surface area contributed by atoms with E-state index >= 15 is 0 Å². The zero-order valence-electron chi connectivity index (χ0n) is 18.5. The second kappa shape index (κ2) is 9.53. The van der Waals surface area contributed by atoms with Gasteiger partial charge in [-0.05, 0) is 68.6 Å². The van der Waals surface area contributed by atoms with Crippen LogP contribution in [0, 0.1) is 12.7 Å². The van der Waals surface area contributed by atoms with Gasteiger partial charge in [0.1, 0.15) is 5.82 Å².